The van der Waals surface area contributed by atoms with Crippen LogP contribution in [-0.2, 0) is 5.41 Å². The zero-order valence-electron chi connectivity index (χ0n) is 20.1. The maximum absolute atomic E-state index is 6.49. The van der Waals surface area contributed by atoms with Gasteiger partial charge in [0.25, 0.3) is 0 Å². The first-order valence-electron chi connectivity index (χ1n) is 12.2. The molecule has 174 valence electrons. The topological polar surface area (TPSA) is 3.24 Å². The summed E-state index contributed by atoms with van der Waals surface area (Å²) in [5, 5.41) is 3.35. The molecule has 0 saturated carbocycles. The van der Waals surface area contributed by atoms with Crippen LogP contribution < -0.4 is 4.90 Å². The Balaban J connectivity index is 1.44. The molecule has 0 saturated heterocycles. The van der Waals surface area contributed by atoms with Crippen molar-refractivity contribution in [1.82, 2.24) is 0 Å². The van der Waals surface area contributed by atoms with Crippen LogP contribution >= 0.6 is 22.9 Å². The van der Waals surface area contributed by atoms with Crippen LogP contribution in [0.3, 0.4) is 0 Å². The van der Waals surface area contributed by atoms with Crippen molar-refractivity contribution in [3.8, 4) is 11.1 Å². The lowest BCUT2D eigenvalue weighted by atomic mass is 9.82. The molecule has 6 aromatic rings. The van der Waals surface area contributed by atoms with Crippen molar-refractivity contribution in [3.05, 3.63) is 125 Å². The van der Waals surface area contributed by atoms with Crippen molar-refractivity contribution in [3.63, 3.8) is 0 Å². The molecule has 1 heterocycles. The molecular formula is C33H24ClNS. The summed E-state index contributed by atoms with van der Waals surface area (Å²) in [7, 11) is 0. The summed E-state index contributed by atoms with van der Waals surface area (Å²) in [6, 6.07) is 39.3. The first-order chi connectivity index (χ1) is 17.5. The first-order valence-corrected chi connectivity index (χ1v) is 13.4. The smallest absolute Gasteiger partial charge is 0.0476 e. The molecule has 0 aliphatic heterocycles. The summed E-state index contributed by atoms with van der Waals surface area (Å²) < 4.78 is 2.60. The monoisotopic (exact) mass is 501 g/mol. The van der Waals surface area contributed by atoms with E-state index in [1.807, 2.05) is 29.5 Å². The van der Waals surface area contributed by atoms with Gasteiger partial charge in [0.2, 0.25) is 0 Å². The minimum atomic E-state index is -0.0582. The normalized spacial score (nSPS) is 13.6. The Hall–Kier alpha value is -3.59. The van der Waals surface area contributed by atoms with Crippen LogP contribution in [0.1, 0.15) is 25.0 Å². The average molecular weight is 502 g/mol. The summed E-state index contributed by atoms with van der Waals surface area (Å²) in [4.78, 5) is 2.33. The number of hydrogen-bond donors (Lipinski definition) is 0. The molecule has 7 rings (SSSR count). The lowest BCUT2D eigenvalue weighted by Gasteiger charge is -2.28. The zero-order valence-corrected chi connectivity index (χ0v) is 21.7. The second kappa shape index (κ2) is 7.96. The summed E-state index contributed by atoms with van der Waals surface area (Å²) in [6.07, 6.45) is 0. The lowest BCUT2D eigenvalue weighted by molar-refractivity contribution is 0.660. The number of anilines is 3. The van der Waals surface area contributed by atoms with Crippen molar-refractivity contribution in [2.75, 3.05) is 4.90 Å². The Kier molecular flexibility index (Phi) is 4.79. The van der Waals surface area contributed by atoms with E-state index in [1.165, 1.54) is 42.4 Å². The molecule has 5 aromatic carbocycles. The number of rotatable bonds is 3. The molecule has 0 N–H and O–H groups in total. The van der Waals surface area contributed by atoms with E-state index < -0.39 is 0 Å². The highest BCUT2D eigenvalue weighted by Gasteiger charge is 2.35. The highest BCUT2D eigenvalue weighted by molar-refractivity contribution is 7.25. The first kappa shape index (κ1) is 21.7. The maximum Gasteiger partial charge on any atom is 0.0476 e. The van der Waals surface area contributed by atoms with Gasteiger partial charge in [-0.3, -0.25) is 0 Å². The molecule has 0 spiro atoms. The van der Waals surface area contributed by atoms with Gasteiger partial charge in [0.1, 0.15) is 0 Å². The second-order valence-electron chi connectivity index (χ2n) is 9.99. The molecule has 1 aliphatic rings. The van der Waals surface area contributed by atoms with Crippen LogP contribution in [0.5, 0.6) is 0 Å². The van der Waals surface area contributed by atoms with Crippen LogP contribution in [0.4, 0.5) is 17.1 Å². The van der Waals surface area contributed by atoms with Crippen LogP contribution in [-0.4, -0.2) is 0 Å². The number of thiophene rings is 1. The van der Waals surface area contributed by atoms with Gasteiger partial charge in [0.15, 0.2) is 0 Å². The van der Waals surface area contributed by atoms with Crippen molar-refractivity contribution >= 4 is 60.2 Å². The molecule has 0 bridgehead atoms. The third kappa shape index (κ3) is 3.22. The average Bonchev–Trinajstić information content (AvgIpc) is 3.37. The fourth-order valence-electron chi connectivity index (χ4n) is 5.75. The van der Waals surface area contributed by atoms with Gasteiger partial charge < -0.3 is 4.90 Å². The van der Waals surface area contributed by atoms with E-state index in [4.69, 9.17) is 11.6 Å². The van der Waals surface area contributed by atoms with Gasteiger partial charge >= 0.3 is 0 Å². The minimum Gasteiger partial charge on any atom is -0.310 e. The fraction of sp³-hybridized carbons (Fsp3) is 0.0909. The second-order valence-corrected chi connectivity index (χ2v) is 11.5. The largest absolute Gasteiger partial charge is 0.310 e. The predicted molar refractivity (Wildman–Crippen MR) is 157 cm³/mol. The summed E-state index contributed by atoms with van der Waals surface area (Å²) in [6.45, 7) is 4.66. The minimum absolute atomic E-state index is 0.0582. The molecule has 0 fully saturated rings. The molecule has 1 nitrogen and oxygen atoms in total. The van der Waals surface area contributed by atoms with E-state index in [1.54, 1.807) is 0 Å². The van der Waals surface area contributed by atoms with E-state index in [9.17, 15) is 0 Å². The van der Waals surface area contributed by atoms with Gasteiger partial charge in [0, 0.05) is 47.7 Å². The highest BCUT2D eigenvalue weighted by Crippen LogP contribution is 2.51. The van der Waals surface area contributed by atoms with Gasteiger partial charge in [-0.15, -0.1) is 11.3 Å². The van der Waals surface area contributed by atoms with Crippen LogP contribution in [0.25, 0.3) is 31.3 Å². The number of halogens is 1. The number of hydrogen-bond acceptors (Lipinski definition) is 2. The van der Waals surface area contributed by atoms with Gasteiger partial charge in [-0.2, -0.15) is 0 Å². The van der Waals surface area contributed by atoms with Crippen molar-refractivity contribution < 1.29 is 0 Å². The van der Waals surface area contributed by atoms with Gasteiger partial charge in [0.05, 0.1) is 0 Å². The third-order valence-electron chi connectivity index (χ3n) is 7.51. The number of nitrogens with zero attached hydrogens (tertiary/aromatic N) is 1. The third-order valence-corrected chi connectivity index (χ3v) is 8.88. The summed E-state index contributed by atoms with van der Waals surface area (Å²) in [5.41, 5.74) is 8.67. The van der Waals surface area contributed by atoms with Gasteiger partial charge in [-0.25, -0.2) is 0 Å². The predicted octanol–water partition coefficient (Wildman–Crippen LogP) is 10.5. The van der Waals surface area contributed by atoms with E-state index in [-0.39, 0.29) is 5.41 Å². The Bertz CT molecular complexity index is 1800. The zero-order chi connectivity index (χ0) is 24.4. The quantitative estimate of drug-likeness (QED) is 0.233. The van der Waals surface area contributed by atoms with Crippen molar-refractivity contribution in [2.45, 2.75) is 19.3 Å². The Labute approximate surface area is 220 Å². The van der Waals surface area contributed by atoms with Crippen LogP contribution in [0.2, 0.25) is 5.02 Å². The standard InChI is InChI=1S/C33H24ClNS/c1-33(2)29-12-5-3-10-25(29)26-16-14-23(19-30(26)33)35(22-9-7-8-21(34)18-22)24-15-17-28-27-11-4-6-13-31(27)36-32(28)20-24/h3-20H,1-2H3. The molecule has 0 atom stereocenters. The molecule has 0 amide bonds. The van der Waals surface area contributed by atoms with Crippen LogP contribution in [0, 0.1) is 0 Å². The van der Waals surface area contributed by atoms with Crippen molar-refractivity contribution in [1.29, 1.82) is 0 Å². The number of benzene rings is 5. The van der Waals surface area contributed by atoms with E-state index in [0.717, 1.165) is 22.1 Å². The number of fused-ring (bicyclic) bond motifs is 6. The fourth-order valence-corrected chi connectivity index (χ4v) is 7.07. The Morgan fingerprint density at radius 3 is 2.17 bits per heavy atom. The maximum atomic E-state index is 6.49. The molecular weight excluding hydrogens is 478 g/mol. The molecule has 3 heteroatoms. The summed E-state index contributed by atoms with van der Waals surface area (Å²) in [5.74, 6) is 0. The van der Waals surface area contributed by atoms with Crippen molar-refractivity contribution in [2.24, 2.45) is 0 Å². The molecule has 0 radical (unpaired) electrons. The summed E-state index contributed by atoms with van der Waals surface area (Å²) >= 11 is 8.33. The molecule has 36 heavy (non-hydrogen) atoms. The van der Waals surface area contributed by atoms with Crippen LogP contribution in [0.15, 0.2) is 109 Å². The molecule has 0 unspecified atom stereocenters. The molecule has 1 aliphatic carbocycles. The molecule has 1 aromatic heterocycles. The van der Waals surface area contributed by atoms with Gasteiger partial charge in [-0.1, -0.05) is 86.1 Å². The van der Waals surface area contributed by atoms with Gasteiger partial charge in [-0.05, 0) is 70.8 Å². The SMILES string of the molecule is CC1(C)c2ccccc2-c2ccc(N(c3cccc(Cl)c3)c3ccc4c(c3)sc3ccccc34)cc21. The lowest BCUT2D eigenvalue weighted by Crippen LogP contribution is -2.16. The van der Waals surface area contributed by atoms with E-state index >= 15 is 0 Å². The van der Waals surface area contributed by atoms with E-state index in [2.05, 4.69) is 110 Å². The Morgan fingerprint density at radius 2 is 1.28 bits per heavy atom. The van der Waals surface area contributed by atoms with E-state index in [0.29, 0.717) is 0 Å². The Morgan fingerprint density at radius 1 is 0.583 bits per heavy atom. The highest BCUT2D eigenvalue weighted by atomic mass is 35.5.